The van der Waals surface area contributed by atoms with Gasteiger partial charge in [0.15, 0.2) is 5.82 Å². The fraction of sp³-hybridized carbons (Fsp3) is 0.455. The molecule has 172 valence electrons. The van der Waals surface area contributed by atoms with Crippen LogP contribution >= 0.6 is 0 Å². The summed E-state index contributed by atoms with van der Waals surface area (Å²) in [6, 6.07) is 4.40. The van der Waals surface area contributed by atoms with Crippen molar-refractivity contribution in [2.75, 3.05) is 18.1 Å². The number of carbonyl (C=O) groups excluding carboxylic acids is 3. The molecular weight excluding hydrogens is 420 g/mol. The number of likely N-dealkylation sites (tertiary alicyclic amines) is 1. The van der Waals surface area contributed by atoms with Gasteiger partial charge in [-0.1, -0.05) is 20.8 Å². The van der Waals surface area contributed by atoms with Gasteiger partial charge in [-0.3, -0.25) is 24.9 Å². The molecule has 1 saturated heterocycles. The minimum Gasteiger partial charge on any atom is -0.342 e. The number of aromatic amines is 1. The summed E-state index contributed by atoms with van der Waals surface area (Å²) in [4.78, 5) is 39.6. The molecule has 3 amide bonds. The number of carbonyl (C=O) groups is 3. The van der Waals surface area contributed by atoms with Gasteiger partial charge in [0, 0.05) is 30.6 Å². The highest BCUT2D eigenvalue weighted by Gasteiger charge is 2.28. The standard InChI is InChI=1S/C22H27F2N5O3/c1-22(2,3)17-12-18(26-25-17)29(21(32)13-20(31)28-6-4-5-7-28)27-19(30)10-14-8-15(23)11-16(24)9-14/h8-9,11-12H,4-7,10,13H2,1-3H3,(H,25,26)(H,27,30). The van der Waals surface area contributed by atoms with Crippen LogP contribution in [0.4, 0.5) is 14.6 Å². The summed E-state index contributed by atoms with van der Waals surface area (Å²) in [5.41, 5.74) is 2.88. The third kappa shape index (κ3) is 5.89. The van der Waals surface area contributed by atoms with Crippen LogP contribution in [0.1, 0.15) is 51.3 Å². The molecule has 1 fully saturated rings. The van der Waals surface area contributed by atoms with Crippen LogP contribution < -0.4 is 10.4 Å². The Morgan fingerprint density at radius 2 is 1.72 bits per heavy atom. The summed E-state index contributed by atoms with van der Waals surface area (Å²) in [6.07, 6.45) is 0.984. The van der Waals surface area contributed by atoms with Gasteiger partial charge in [-0.05, 0) is 30.5 Å². The number of rotatable bonds is 5. The Kier molecular flexibility index (Phi) is 6.90. The van der Waals surface area contributed by atoms with Gasteiger partial charge in [-0.25, -0.2) is 13.8 Å². The zero-order valence-corrected chi connectivity index (χ0v) is 18.4. The Morgan fingerprint density at radius 1 is 1.09 bits per heavy atom. The normalized spacial score (nSPS) is 13.8. The number of aromatic nitrogens is 2. The van der Waals surface area contributed by atoms with E-state index in [0.717, 1.165) is 30.0 Å². The van der Waals surface area contributed by atoms with Crippen molar-refractivity contribution in [3.63, 3.8) is 0 Å². The summed E-state index contributed by atoms with van der Waals surface area (Å²) >= 11 is 0. The quantitative estimate of drug-likeness (QED) is 0.544. The van der Waals surface area contributed by atoms with Crippen LogP contribution in [0, 0.1) is 11.6 Å². The molecule has 3 rings (SSSR count). The average Bonchev–Trinajstić information content (AvgIpc) is 3.36. The van der Waals surface area contributed by atoms with Gasteiger partial charge >= 0.3 is 0 Å². The van der Waals surface area contributed by atoms with E-state index >= 15 is 0 Å². The number of nitrogens with one attached hydrogen (secondary N) is 2. The Bertz CT molecular complexity index is 989. The van der Waals surface area contributed by atoms with Crippen molar-refractivity contribution >= 4 is 23.5 Å². The Balaban J connectivity index is 1.79. The summed E-state index contributed by atoms with van der Waals surface area (Å²) in [6.45, 7) is 7.01. The first-order chi connectivity index (χ1) is 15.0. The molecule has 0 bridgehead atoms. The molecule has 1 aliphatic rings. The number of hydrazine groups is 1. The Morgan fingerprint density at radius 3 is 2.28 bits per heavy atom. The van der Waals surface area contributed by atoms with Gasteiger partial charge in [0.2, 0.25) is 11.8 Å². The zero-order chi connectivity index (χ0) is 23.5. The number of anilines is 1. The largest absolute Gasteiger partial charge is 0.342 e. The maximum atomic E-state index is 13.4. The smallest absolute Gasteiger partial charge is 0.256 e. The van der Waals surface area contributed by atoms with E-state index in [-0.39, 0.29) is 29.1 Å². The number of halogens is 2. The van der Waals surface area contributed by atoms with E-state index in [1.165, 1.54) is 0 Å². The molecule has 0 aliphatic carbocycles. The molecule has 2 N–H and O–H groups in total. The first-order valence-corrected chi connectivity index (χ1v) is 10.4. The minimum atomic E-state index is -0.805. The molecule has 1 aromatic heterocycles. The molecule has 2 heterocycles. The number of hydrogen-bond donors (Lipinski definition) is 2. The maximum Gasteiger partial charge on any atom is 0.256 e. The number of benzene rings is 1. The van der Waals surface area contributed by atoms with Crippen molar-refractivity contribution in [3.8, 4) is 0 Å². The summed E-state index contributed by atoms with van der Waals surface area (Å²) in [7, 11) is 0. The fourth-order valence-electron chi connectivity index (χ4n) is 3.42. The number of hydrogen-bond acceptors (Lipinski definition) is 4. The van der Waals surface area contributed by atoms with Crippen LogP contribution in [0.2, 0.25) is 0 Å². The monoisotopic (exact) mass is 447 g/mol. The third-order valence-electron chi connectivity index (χ3n) is 5.11. The minimum absolute atomic E-state index is 0.112. The van der Waals surface area contributed by atoms with Crippen molar-refractivity contribution in [1.29, 1.82) is 0 Å². The van der Waals surface area contributed by atoms with Gasteiger partial charge < -0.3 is 4.90 Å². The molecular formula is C22H27F2N5O3. The van der Waals surface area contributed by atoms with Crippen LogP contribution in [0.25, 0.3) is 0 Å². The number of H-pyrrole nitrogens is 1. The maximum absolute atomic E-state index is 13.4. The lowest BCUT2D eigenvalue weighted by Gasteiger charge is -2.23. The number of amides is 3. The molecule has 0 atom stereocenters. The zero-order valence-electron chi connectivity index (χ0n) is 18.4. The topological polar surface area (TPSA) is 98.4 Å². The summed E-state index contributed by atoms with van der Waals surface area (Å²) < 4.78 is 26.9. The summed E-state index contributed by atoms with van der Waals surface area (Å²) in [5, 5.41) is 7.85. The van der Waals surface area contributed by atoms with Gasteiger partial charge in [-0.2, -0.15) is 5.10 Å². The third-order valence-corrected chi connectivity index (χ3v) is 5.11. The van der Waals surface area contributed by atoms with Gasteiger partial charge in [-0.15, -0.1) is 0 Å². The molecule has 2 aromatic rings. The Labute approximate surface area is 184 Å². The van der Waals surface area contributed by atoms with E-state index in [2.05, 4.69) is 15.6 Å². The molecule has 8 nitrogen and oxygen atoms in total. The SMILES string of the molecule is CC(C)(C)c1cc(N(NC(=O)Cc2cc(F)cc(F)c2)C(=O)CC(=O)N2CCCC2)[nH]n1. The van der Waals surface area contributed by atoms with Crippen molar-refractivity contribution in [2.45, 2.75) is 51.9 Å². The molecule has 1 aliphatic heterocycles. The van der Waals surface area contributed by atoms with Crippen LogP contribution in [-0.2, 0) is 26.2 Å². The van der Waals surface area contributed by atoms with Crippen LogP contribution in [0.5, 0.6) is 0 Å². The highest BCUT2D eigenvalue weighted by molar-refractivity contribution is 6.05. The molecule has 10 heteroatoms. The second kappa shape index (κ2) is 9.46. The van der Waals surface area contributed by atoms with Crippen molar-refractivity contribution in [2.24, 2.45) is 0 Å². The lowest BCUT2D eigenvalue weighted by atomic mass is 9.92. The first kappa shape index (κ1) is 23.4. The highest BCUT2D eigenvalue weighted by Crippen LogP contribution is 2.24. The number of nitrogens with zero attached hydrogens (tertiary/aromatic N) is 3. The second-order valence-corrected chi connectivity index (χ2v) is 8.87. The van der Waals surface area contributed by atoms with Crippen molar-refractivity contribution < 1.29 is 23.2 Å². The first-order valence-electron chi connectivity index (χ1n) is 10.4. The lowest BCUT2D eigenvalue weighted by Crippen LogP contribution is -2.49. The Hall–Kier alpha value is -3.30. The predicted molar refractivity (Wildman–Crippen MR) is 113 cm³/mol. The van der Waals surface area contributed by atoms with E-state index in [9.17, 15) is 23.2 Å². The highest BCUT2D eigenvalue weighted by atomic mass is 19.1. The summed E-state index contributed by atoms with van der Waals surface area (Å²) in [5.74, 6) is -3.07. The van der Waals surface area contributed by atoms with Gasteiger partial charge in [0.05, 0.1) is 12.1 Å². The van der Waals surface area contributed by atoms with Gasteiger partial charge in [0.25, 0.3) is 5.91 Å². The van der Waals surface area contributed by atoms with Crippen LogP contribution in [0.3, 0.4) is 0 Å². The molecule has 1 aromatic carbocycles. The van der Waals surface area contributed by atoms with E-state index < -0.39 is 29.9 Å². The fourth-order valence-corrected chi connectivity index (χ4v) is 3.42. The van der Waals surface area contributed by atoms with Crippen LogP contribution in [-0.4, -0.2) is 45.9 Å². The molecule has 0 saturated carbocycles. The molecule has 0 radical (unpaired) electrons. The average molecular weight is 447 g/mol. The van der Waals surface area contributed by atoms with Crippen molar-refractivity contribution in [1.82, 2.24) is 20.5 Å². The van der Waals surface area contributed by atoms with E-state index in [0.29, 0.717) is 24.8 Å². The van der Waals surface area contributed by atoms with E-state index in [1.54, 1.807) is 11.0 Å². The molecule has 32 heavy (non-hydrogen) atoms. The second-order valence-electron chi connectivity index (χ2n) is 8.87. The van der Waals surface area contributed by atoms with Gasteiger partial charge in [0.1, 0.15) is 18.1 Å². The van der Waals surface area contributed by atoms with Crippen molar-refractivity contribution in [3.05, 3.63) is 47.2 Å². The lowest BCUT2D eigenvalue weighted by molar-refractivity contribution is -0.135. The van der Waals surface area contributed by atoms with E-state index in [1.807, 2.05) is 20.8 Å². The molecule has 0 spiro atoms. The predicted octanol–water partition coefficient (Wildman–Crippen LogP) is 2.60. The van der Waals surface area contributed by atoms with Crippen LogP contribution in [0.15, 0.2) is 24.3 Å². The van der Waals surface area contributed by atoms with E-state index in [4.69, 9.17) is 0 Å². The molecule has 0 unspecified atom stereocenters.